The molecule has 3 heterocycles. The minimum absolute atomic E-state index is 0.111. The first-order valence-corrected chi connectivity index (χ1v) is 8.39. The van der Waals surface area contributed by atoms with Gasteiger partial charge in [0.25, 0.3) is 0 Å². The highest BCUT2D eigenvalue weighted by atomic mass is 35.5. The number of fused-ring (bicyclic) bond motifs is 1. The summed E-state index contributed by atoms with van der Waals surface area (Å²) in [6.07, 6.45) is 6.42. The third-order valence-electron chi connectivity index (χ3n) is 3.39. The molecule has 0 saturated heterocycles. The fourth-order valence-electron chi connectivity index (χ4n) is 2.45. The van der Waals surface area contributed by atoms with Gasteiger partial charge in [-0.25, -0.2) is 0 Å². The summed E-state index contributed by atoms with van der Waals surface area (Å²) in [5.74, 6) is 0.848. The van der Waals surface area contributed by atoms with Crippen molar-refractivity contribution in [2.75, 3.05) is 0 Å². The van der Waals surface area contributed by atoms with Crippen molar-refractivity contribution >= 4 is 35.0 Å². The van der Waals surface area contributed by atoms with Crippen molar-refractivity contribution in [3.63, 3.8) is 0 Å². The van der Waals surface area contributed by atoms with Gasteiger partial charge in [0.15, 0.2) is 0 Å². The molecule has 0 saturated carbocycles. The van der Waals surface area contributed by atoms with Crippen molar-refractivity contribution in [3.05, 3.63) is 57.1 Å². The van der Waals surface area contributed by atoms with E-state index >= 15 is 0 Å². The molecule has 2 aliphatic rings. The van der Waals surface area contributed by atoms with Crippen molar-refractivity contribution < 1.29 is 4.42 Å². The molecular weight excluding hydrogens is 327 g/mol. The van der Waals surface area contributed by atoms with Crippen LogP contribution in [0.5, 0.6) is 0 Å². The van der Waals surface area contributed by atoms with Gasteiger partial charge in [-0.2, -0.15) is 0 Å². The Bertz CT molecular complexity index is 620. The van der Waals surface area contributed by atoms with E-state index in [-0.39, 0.29) is 11.3 Å². The average molecular weight is 343 g/mol. The molecule has 0 spiro atoms. The number of rotatable bonds is 4. The van der Waals surface area contributed by atoms with E-state index in [4.69, 9.17) is 33.4 Å². The number of halogens is 2. The monoisotopic (exact) mass is 342 g/mol. The second-order valence-electron chi connectivity index (χ2n) is 5.20. The molecule has 2 atom stereocenters. The van der Waals surface area contributed by atoms with Crippen LogP contribution >= 0.6 is 35.0 Å². The maximum atomic E-state index is 6.60. The van der Waals surface area contributed by atoms with Crippen molar-refractivity contribution in [2.45, 2.75) is 31.2 Å². The number of thioether (sulfide) groups is 1. The van der Waals surface area contributed by atoms with Gasteiger partial charge in [0, 0.05) is 16.2 Å². The van der Waals surface area contributed by atoms with E-state index in [2.05, 4.69) is 0 Å². The molecule has 0 bridgehead atoms. The summed E-state index contributed by atoms with van der Waals surface area (Å²) in [5, 5.41) is 1.66. The molecular formula is C15H16Cl2N2OS. The van der Waals surface area contributed by atoms with Gasteiger partial charge in [0.05, 0.1) is 23.5 Å². The summed E-state index contributed by atoms with van der Waals surface area (Å²) < 4.78 is 5.42. The lowest BCUT2D eigenvalue weighted by molar-refractivity contribution is 0.384. The van der Waals surface area contributed by atoms with Crippen LogP contribution in [0.3, 0.4) is 0 Å². The summed E-state index contributed by atoms with van der Waals surface area (Å²) >= 11 is 14.7. The van der Waals surface area contributed by atoms with Crippen LogP contribution in [0.4, 0.5) is 0 Å². The molecule has 0 aromatic carbocycles. The lowest BCUT2D eigenvalue weighted by Crippen LogP contribution is -2.23. The van der Waals surface area contributed by atoms with Gasteiger partial charge < -0.3 is 15.1 Å². The van der Waals surface area contributed by atoms with Crippen LogP contribution in [0.25, 0.3) is 0 Å². The molecule has 0 radical (unpaired) electrons. The summed E-state index contributed by atoms with van der Waals surface area (Å²) in [5.41, 5.74) is 6.90. The maximum Gasteiger partial charge on any atom is 0.123 e. The molecule has 21 heavy (non-hydrogen) atoms. The average Bonchev–Trinajstić information content (AvgIpc) is 3.02. The van der Waals surface area contributed by atoms with Crippen LogP contribution in [-0.2, 0) is 6.54 Å². The van der Waals surface area contributed by atoms with Crippen molar-refractivity contribution in [3.8, 4) is 0 Å². The molecule has 1 aromatic heterocycles. The van der Waals surface area contributed by atoms with Gasteiger partial charge in [-0.05, 0) is 37.6 Å². The molecule has 1 aromatic rings. The van der Waals surface area contributed by atoms with Crippen LogP contribution in [0.2, 0.25) is 0 Å². The SMILES string of the molecule is C[C@H](N)CC1SC2=CC=C(Cl)N(Cc3ccco3)C2=C1Cl. The first-order valence-electron chi connectivity index (χ1n) is 6.76. The Hall–Kier alpha value is -0.810. The Morgan fingerprint density at radius 3 is 2.90 bits per heavy atom. The molecule has 6 heteroatoms. The molecule has 1 unspecified atom stereocenters. The third kappa shape index (κ3) is 3.04. The summed E-state index contributed by atoms with van der Waals surface area (Å²) in [7, 11) is 0. The van der Waals surface area contributed by atoms with E-state index in [1.807, 2.05) is 36.1 Å². The largest absolute Gasteiger partial charge is 0.467 e. The predicted molar refractivity (Wildman–Crippen MR) is 88.8 cm³/mol. The Morgan fingerprint density at radius 1 is 1.43 bits per heavy atom. The van der Waals surface area contributed by atoms with Crippen molar-refractivity contribution in [1.82, 2.24) is 4.90 Å². The zero-order valence-electron chi connectivity index (χ0n) is 11.6. The normalized spacial score (nSPS) is 23.0. The number of allylic oxidation sites excluding steroid dienone is 2. The standard InChI is InChI=1S/C15H16Cl2N2OS/c1-9(18)7-12-14(17)15-11(21-12)4-5-13(16)19(15)8-10-3-2-6-20-10/h2-6,9,12H,7-8,18H2,1H3/t9-,12?/m0/s1. The molecule has 3 rings (SSSR count). The van der Waals surface area contributed by atoms with Crippen LogP contribution in [0.15, 0.2) is 55.8 Å². The van der Waals surface area contributed by atoms with Crippen molar-refractivity contribution in [1.29, 1.82) is 0 Å². The van der Waals surface area contributed by atoms with E-state index in [0.29, 0.717) is 11.7 Å². The molecule has 112 valence electrons. The number of hydrogen-bond donors (Lipinski definition) is 1. The van der Waals surface area contributed by atoms with Crippen LogP contribution in [-0.4, -0.2) is 16.2 Å². The lowest BCUT2D eigenvalue weighted by Gasteiger charge is -2.27. The van der Waals surface area contributed by atoms with E-state index in [0.717, 1.165) is 27.8 Å². The van der Waals surface area contributed by atoms with Gasteiger partial charge >= 0.3 is 0 Å². The van der Waals surface area contributed by atoms with Gasteiger partial charge in [-0.3, -0.25) is 0 Å². The highest BCUT2D eigenvalue weighted by molar-refractivity contribution is 8.04. The Kier molecular flexibility index (Phi) is 4.41. The Labute approximate surface area is 138 Å². The third-order valence-corrected chi connectivity index (χ3v) is 5.59. The summed E-state index contributed by atoms with van der Waals surface area (Å²) in [6.45, 7) is 2.56. The van der Waals surface area contributed by atoms with E-state index in [1.165, 1.54) is 0 Å². The maximum absolute atomic E-state index is 6.60. The van der Waals surface area contributed by atoms with Crippen LogP contribution in [0, 0.1) is 0 Å². The molecule has 3 nitrogen and oxygen atoms in total. The first kappa shape index (κ1) is 15.1. The van der Waals surface area contributed by atoms with E-state index < -0.39 is 0 Å². The fraction of sp³-hybridized carbons (Fsp3) is 0.333. The smallest absolute Gasteiger partial charge is 0.123 e. The zero-order valence-corrected chi connectivity index (χ0v) is 13.9. The van der Waals surface area contributed by atoms with Crippen molar-refractivity contribution in [2.24, 2.45) is 5.73 Å². The van der Waals surface area contributed by atoms with Gasteiger partial charge in [0.2, 0.25) is 0 Å². The number of hydrogen-bond acceptors (Lipinski definition) is 4. The van der Waals surface area contributed by atoms with Crippen LogP contribution < -0.4 is 5.73 Å². The van der Waals surface area contributed by atoms with Gasteiger partial charge in [-0.15, -0.1) is 11.8 Å². The second kappa shape index (κ2) is 6.13. The number of nitrogens with two attached hydrogens (primary N) is 1. The fourth-order valence-corrected chi connectivity index (χ4v) is 4.54. The minimum atomic E-state index is 0.111. The summed E-state index contributed by atoms with van der Waals surface area (Å²) in [6, 6.07) is 3.91. The Balaban J connectivity index is 1.90. The van der Waals surface area contributed by atoms with E-state index in [1.54, 1.807) is 18.0 Å². The quantitative estimate of drug-likeness (QED) is 0.825. The molecule has 0 fully saturated rings. The summed E-state index contributed by atoms with van der Waals surface area (Å²) in [4.78, 5) is 3.13. The highest BCUT2D eigenvalue weighted by Gasteiger charge is 2.35. The Morgan fingerprint density at radius 2 is 2.24 bits per heavy atom. The molecule has 0 aliphatic carbocycles. The topological polar surface area (TPSA) is 42.4 Å². The predicted octanol–water partition coefficient (Wildman–Crippen LogP) is 4.36. The highest BCUT2D eigenvalue weighted by Crippen LogP contribution is 2.50. The molecule has 2 aliphatic heterocycles. The minimum Gasteiger partial charge on any atom is -0.467 e. The molecule has 2 N–H and O–H groups in total. The van der Waals surface area contributed by atoms with Gasteiger partial charge in [-0.1, -0.05) is 23.2 Å². The molecule has 0 amide bonds. The van der Waals surface area contributed by atoms with E-state index in [9.17, 15) is 0 Å². The number of nitrogens with zero attached hydrogens (tertiary/aromatic N) is 1. The lowest BCUT2D eigenvalue weighted by atomic mass is 10.1. The van der Waals surface area contributed by atoms with Crippen LogP contribution in [0.1, 0.15) is 19.1 Å². The number of furan rings is 1. The second-order valence-corrected chi connectivity index (χ2v) is 7.24. The van der Waals surface area contributed by atoms with Gasteiger partial charge in [0.1, 0.15) is 10.9 Å². The first-order chi connectivity index (χ1) is 10.1. The zero-order chi connectivity index (χ0) is 15.0.